The number of nitrogens with zero attached hydrogens (tertiary/aromatic N) is 4. The first-order valence-corrected chi connectivity index (χ1v) is 14.2. The van der Waals surface area contributed by atoms with E-state index in [0.717, 1.165) is 22.8 Å². The van der Waals surface area contributed by atoms with E-state index in [4.69, 9.17) is 13.9 Å². The zero-order valence-electron chi connectivity index (χ0n) is 25.4. The minimum absolute atomic E-state index is 0.0114. The van der Waals surface area contributed by atoms with Crippen LogP contribution in [-0.4, -0.2) is 35.7 Å². The molecule has 230 valence electrons. The van der Waals surface area contributed by atoms with Crippen LogP contribution in [0.4, 0.5) is 11.4 Å². The third kappa shape index (κ3) is 7.57. The van der Waals surface area contributed by atoms with Gasteiger partial charge in [0.1, 0.15) is 30.5 Å². The second kappa shape index (κ2) is 13.6. The predicted octanol–water partition coefficient (Wildman–Crippen LogP) is 6.58. The van der Waals surface area contributed by atoms with Gasteiger partial charge in [0.25, 0.3) is 5.69 Å². The molecule has 0 aliphatic rings. The summed E-state index contributed by atoms with van der Waals surface area (Å²) in [5.41, 5.74) is 7.96. The van der Waals surface area contributed by atoms with Crippen molar-refractivity contribution in [3.05, 3.63) is 135 Å². The summed E-state index contributed by atoms with van der Waals surface area (Å²) in [6, 6.07) is 27.0. The van der Waals surface area contributed by atoms with Gasteiger partial charge in [-0.15, -0.1) is 0 Å². The van der Waals surface area contributed by atoms with E-state index >= 15 is 0 Å². The van der Waals surface area contributed by atoms with E-state index in [2.05, 4.69) is 41.1 Å². The second-order valence-electron chi connectivity index (χ2n) is 10.5. The molecule has 0 atom stereocenters. The molecule has 2 heterocycles. The molecule has 3 aromatic carbocycles. The smallest absolute Gasteiger partial charge is 0.307 e. The Morgan fingerprint density at radius 2 is 1.71 bits per heavy atom. The van der Waals surface area contributed by atoms with Gasteiger partial charge >= 0.3 is 5.91 Å². The molecule has 0 aliphatic carbocycles. The average molecular weight is 608 g/mol. The molecule has 11 nitrogen and oxygen atoms in total. The number of aromatic nitrogens is 1. The Kier molecular flexibility index (Phi) is 9.28. The van der Waals surface area contributed by atoms with E-state index in [1.807, 2.05) is 61.5 Å². The molecule has 0 aliphatic heterocycles. The fourth-order valence-electron chi connectivity index (χ4n) is 4.67. The number of non-ortho nitro benzene ring substituents is 1. The summed E-state index contributed by atoms with van der Waals surface area (Å²) in [5.74, 6) is 1.22. The van der Waals surface area contributed by atoms with Gasteiger partial charge in [0.15, 0.2) is 5.76 Å². The highest BCUT2D eigenvalue weighted by Gasteiger charge is 2.13. The van der Waals surface area contributed by atoms with Gasteiger partial charge in [0.2, 0.25) is 0 Å². The minimum Gasteiger partial charge on any atom is -0.488 e. The molecule has 1 N–H and O–H groups in total. The van der Waals surface area contributed by atoms with Crippen molar-refractivity contribution in [2.45, 2.75) is 27.1 Å². The van der Waals surface area contributed by atoms with E-state index in [9.17, 15) is 14.9 Å². The van der Waals surface area contributed by atoms with Crippen molar-refractivity contribution < 1.29 is 23.6 Å². The molecule has 2 aromatic heterocycles. The summed E-state index contributed by atoms with van der Waals surface area (Å²) >= 11 is 0. The standard InChI is InChI=1S/C34H33N5O6/c1-23-8-9-24(2)38(23)27-12-14-30(15-13-27)43-22-31-16-17-32(45-31)34(40)36-35-20-26-10-11-28(37(3)4)19-33(26)44-21-25-6-5-7-29(18-25)39(41)42/h5-20H,21-22H2,1-4H3,(H,36,40)/b35-20+. The van der Waals surface area contributed by atoms with Gasteiger partial charge in [0, 0.05) is 60.6 Å². The van der Waals surface area contributed by atoms with E-state index in [0.29, 0.717) is 28.4 Å². The van der Waals surface area contributed by atoms with Crippen molar-refractivity contribution in [1.82, 2.24) is 9.99 Å². The van der Waals surface area contributed by atoms with Crippen LogP contribution in [0.3, 0.4) is 0 Å². The number of nitrogens with one attached hydrogen (secondary N) is 1. The Hall–Kier alpha value is -5.84. The number of carbonyl (C=O) groups is 1. The first-order valence-electron chi connectivity index (χ1n) is 14.2. The van der Waals surface area contributed by atoms with E-state index in [1.54, 1.807) is 24.3 Å². The first kappa shape index (κ1) is 30.6. The Bertz CT molecular complexity index is 1820. The lowest BCUT2D eigenvalue weighted by molar-refractivity contribution is -0.384. The van der Waals surface area contributed by atoms with Gasteiger partial charge in [-0.3, -0.25) is 14.9 Å². The number of furan rings is 1. The number of hydrazone groups is 1. The predicted molar refractivity (Wildman–Crippen MR) is 172 cm³/mol. The highest BCUT2D eigenvalue weighted by molar-refractivity contribution is 5.93. The lowest BCUT2D eigenvalue weighted by atomic mass is 10.1. The van der Waals surface area contributed by atoms with Crippen LogP contribution in [-0.2, 0) is 13.2 Å². The van der Waals surface area contributed by atoms with Crippen molar-refractivity contribution in [3.63, 3.8) is 0 Å². The molecule has 0 radical (unpaired) electrons. The molecule has 5 rings (SSSR count). The number of aryl methyl sites for hydroxylation is 2. The quantitative estimate of drug-likeness (QED) is 0.0965. The lowest BCUT2D eigenvalue weighted by Gasteiger charge is -2.16. The summed E-state index contributed by atoms with van der Waals surface area (Å²) in [7, 11) is 3.80. The van der Waals surface area contributed by atoms with Crippen molar-refractivity contribution in [2.75, 3.05) is 19.0 Å². The summed E-state index contributed by atoms with van der Waals surface area (Å²) < 4.78 is 19.7. The van der Waals surface area contributed by atoms with Crippen LogP contribution in [0.5, 0.6) is 11.5 Å². The Balaban J connectivity index is 1.18. The number of rotatable bonds is 12. The van der Waals surface area contributed by atoms with Crippen LogP contribution in [0, 0.1) is 24.0 Å². The van der Waals surface area contributed by atoms with Crippen molar-refractivity contribution in [3.8, 4) is 17.2 Å². The van der Waals surface area contributed by atoms with Gasteiger partial charge in [0.05, 0.1) is 11.1 Å². The summed E-state index contributed by atoms with van der Waals surface area (Å²) in [5, 5.41) is 15.2. The normalized spacial score (nSPS) is 11.0. The maximum Gasteiger partial charge on any atom is 0.307 e. The molecule has 1 amide bonds. The molecule has 0 spiro atoms. The Morgan fingerprint density at radius 3 is 2.42 bits per heavy atom. The largest absolute Gasteiger partial charge is 0.488 e. The van der Waals surface area contributed by atoms with Gasteiger partial charge in [-0.1, -0.05) is 12.1 Å². The topological polar surface area (TPSA) is 124 Å². The van der Waals surface area contributed by atoms with Crippen LogP contribution < -0.4 is 19.8 Å². The molecular formula is C34H33N5O6. The number of amides is 1. The van der Waals surface area contributed by atoms with E-state index in [1.165, 1.54) is 18.3 Å². The maximum atomic E-state index is 12.7. The molecule has 5 aromatic rings. The van der Waals surface area contributed by atoms with Gasteiger partial charge in [-0.25, -0.2) is 5.43 Å². The minimum atomic E-state index is -0.525. The fraction of sp³-hybridized carbons (Fsp3) is 0.176. The number of benzene rings is 3. The van der Waals surface area contributed by atoms with Gasteiger partial charge < -0.3 is 23.4 Å². The molecule has 0 saturated heterocycles. The highest BCUT2D eigenvalue weighted by atomic mass is 16.6. The fourth-order valence-corrected chi connectivity index (χ4v) is 4.67. The number of nitro groups is 1. The zero-order valence-corrected chi connectivity index (χ0v) is 25.4. The molecule has 45 heavy (non-hydrogen) atoms. The number of hydrogen-bond acceptors (Lipinski definition) is 8. The zero-order chi connectivity index (χ0) is 31.9. The van der Waals surface area contributed by atoms with Crippen LogP contribution in [0.1, 0.15) is 38.8 Å². The second-order valence-corrected chi connectivity index (χ2v) is 10.5. The van der Waals surface area contributed by atoms with E-state index < -0.39 is 10.8 Å². The number of carbonyl (C=O) groups excluding carboxylic acids is 1. The highest BCUT2D eigenvalue weighted by Crippen LogP contribution is 2.26. The molecule has 11 heteroatoms. The molecular weight excluding hydrogens is 574 g/mol. The van der Waals surface area contributed by atoms with Crippen LogP contribution in [0.2, 0.25) is 0 Å². The average Bonchev–Trinajstić information content (AvgIpc) is 3.65. The summed E-state index contributed by atoms with van der Waals surface area (Å²) in [6.45, 7) is 4.39. The third-order valence-corrected chi connectivity index (χ3v) is 7.03. The van der Waals surface area contributed by atoms with Crippen LogP contribution >= 0.6 is 0 Å². The van der Waals surface area contributed by atoms with Crippen molar-refractivity contribution in [1.29, 1.82) is 0 Å². The number of hydrogen-bond donors (Lipinski definition) is 1. The lowest BCUT2D eigenvalue weighted by Crippen LogP contribution is -2.17. The Morgan fingerprint density at radius 1 is 0.956 bits per heavy atom. The number of anilines is 1. The van der Waals surface area contributed by atoms with Crippen molar-refractivity contribution in [2.24, 2.45) is 5.10 Å². The number of nitro benzene ring substituents is 1. The van der Waals surface area contributed by atoms with Crippen LogP contribution in [0.15, 0.2) is 101 Å². The molecule has 0 bridgehead atoms. The third-order valence-electron chi connectivity index (χ3n) is 7.03. The van der Waals surface area contributed by atoms with Crippen molar-refractivity contribution >= 4 is 23.5 Å². The summed E-state index contributed by atoms with van der Waals surface area (Å²) in [4.78, 5) is 25.3. The molecule has 0 unspecified atom stereocenters. The number of ether oxygens (including phenoxy) is 2. The Labute approximate surface area is 260 Å². The SMILES string of the molecule is Cc1ccc(C)n1-c1ccc(OCc2ccc(C(=O)N/N=C/c3ccc(N(C)C)cc3OCc3cccc([N+](=O)[O-])c3)o2)cc1. The van der Waals surface area contributed by atoms with Gasteiger partial charge in [-0.05, 0) is 80.1 Å². The summed E-state index contributed by atoms with van der Waals surface area (Å²) in [6.07, 6.45) is 1.47. The maximum absolute atomic E-state index is 12.7. The molecule has 0 saturated carbocycles. The first-order chi connectivity index (χ1) is 21.7. The monoisotopic (exact) mass is 607 g/mol. The molecule has 0 fully saturated rings. The van der Waals surface area contributed by atoms with Crippen LogP contribution in [0.25, 0.3) is 5.69 Å². The van der Waals surface area contributed by atoms with E-state index in [-0.39, 0.29) is 24.7 Å². The van der Waals surface area contributed by atoms with Gasteiger partial charge in [-0.2, -0.15) is 5.10 Å².